The molecule has 0 spiro atoms. The minimum Gasteiger partial charge on any atom is -0.481 e. The van der Waals surface area contributed by atoms with Gasteiger partial charge < -0.3 is 15.3 Å². The van der Waals surface area contributed by atoms with Gasteiger partial charge in [0.1, 0.15) is 0 Å². The van der Waals surface area contributed by atoms with Gasteiger partial charge in [-0.1, -0.05) is 48.9 Å². The molecule has 1 unspecified atom stereocenters. The van der Waals surface area contributed by atoms with E-state index >= 15 is 0 Å². The summed E-state index contributed by atoms with van der Waals surface area (Å²) in [5, 5.41) is 29.4. The van der Waals surface area contributed by atoms with Gasteiger partial charge in [0.15, 0.2) is 0 Å². The molecule has 2 rings (SSSR count). The van der Waals surface area contributed by atoms with Crippen LogP contribution < -0.4 is 0 Å². The molecular formula is C21H30O4. The molecule has 0 saturated heterocycles. The molecular weight excluding hydrogens is 316 g/mol. The molecule has 1 aliphatic carbocycles. The molecule has 1 aliphatic rings. The molecule has 1 aromatic carbocycles. The van der Waals surface area contributed by atoms with Crippen molar-refractivity contribution in [3.8, 4) is 0 Å². The smallest absolute Gasteiger partial charge is 0.306 e. The van der Waals surface area contributed by atoms with Crippen molar-refractivity contribution in [1.82, 2.24) is 0 Å². The highest BCUT2D eigenvalue weighted by molar-refractivity contribution is 5.68. The van der Waals surface area contributed by atoms with Crippen molar-refractivity contribution in [2.75, 3.05) is 0 Å². The second kappa shape index (κ2) is 9.73. The van der Waals surface area contributed by atoms with E-state index in [0.29, 0.717) is 12.8 Å². The van der Waals surface area contributed by atoms with Gasteiger partial charge in [-0.2, -0.15) is 0 Å². The number of aliphatic hydroxyl groups excluding tert-OH is 1. The Morgan fingerprint density at radius 1 is 1.28 bits per heavy atom. The zero-order chi connectivity index (χ0) is 18.1. The van der Waals surface area contributed by atoms with E-state index in [2.05, 4.69) is 12.1 Å². The number of rotatable bonds is 9. The first-order valence-corrected chi connectivity index (χ1v) is 9.31. The van der Waals surface area contributed by atoms with Gasteiger partial charge in [-0.15, -0.1) is 0 Å². The summed E-state index contributed by atoms with van der Waals surface area (Å²) in [6.45, 7) is 0. The number of aliphatic carboxylic acids is 1. The Bertz CT molecular complexity index is 554. The number of aryl methyl sites for hydroxylation is 1. The molecule has 25 heavy (non-hydrogen) atoms. The van der Waals surface area contributed by atoms with E-state index < -0.39 is 17.7 Å². The van der Waals surface area contributed by atoms with Gasteiger partial charge in [0.2, 0.25) is 0 Å². The molecule has 0 amide bonds. The molecule has 1 saturated carbocycles. The second-order valence-corrected chi connectivity index (χ2v) is 7.33. The summed E-state index contributed by atoms with van der Waals surface area (Å²) in [6.07, 6.45) is 9.69. The Hall–Kier alpha value is -1.65. The average Bonchev–Trinajstić information content (AvgIpc) is 2.57. The fourth-order valence-corrected chi connectivity index (χ4v) is 3.70. The van der Waals surface area contributed by atoms with E-state index in [9.17, 15) is 15.0 Å². The molecule has 138 valence electrons. The highest BCUT2D eigenvalue weighted by atomic mass is 16.4. The van der Waals surface area contributed by atoms with Crippen molar-refractivity contribution in [3.63, 3.8) is 0 Å². The standard InChI is InChI=1S/C21H30O4/c22-19(11-5-4-9-17-7-2-1-3-8-17)13-12-18-10-6-14-21(25,15-18)16-20(23)24/h1-3,7-8,12-13,18-19,22,25H,4-6,9-11,14-16H2,(H,23,24)/b13-12+/t18-,19?,21-/m1/s1. The number of hydrogen-bond donors (Lipinski definition) is 3. The van der Waals surface area contributed by atoms with Gasteiger partial charge in [-0.3, -0.25) is 4.79 Å². The third-order valence-corrected chi connectivity index (χ3v) is 5.00. The highest BCUT2D eigenvalue weighted by Crippen LogP contribution is 2.35. The number of aliphatic hydroxyl groups is 2. The molecule has 4 nitrogen and oxygen atoms in total. The van der Waals surface area contributed by atoms with Crippen LogP contribution in [-0.4, -0.2) is 33.0 Å². The van der Waals surface area contributed by atoms with Crippen LogP contribution in [0.4, 0.5) is 0 Å². The molecule has 0 heterocycles. The zero-order valence-electron chi connectivity index (χ0n) is 14.8. The first kappa shape index (κ1) is 19.7. The van der Waals surface area contributed by atoms with Crippen molar-refractivity contribution in [3.05, 3.63) is 48.0 Å². The van der Waals surface area contributed by atoms with Crippen molar-refractivity contribution in [2.24, 2.45) is 5.92 Å². The lowest BCUT2D eigenvalue weighted by Crippen LogP contribution is -2.37. The lowest BCUT2D eigenvalue weighted by atomic mass is 9.76. The molecule has 0 bridgehead atoms. The number of carboxylic acids is 1. The second-order valence-electron chi connectivity index (χ2n) is 7.33. The lowest BCUT2D eigenvalue weighted by Gasteiger charge is -2.34. The van der Waals surface area contributed by atoms with Gasteiger partial charge in [0, 0.05) is 0 Å². The highest BCUT2D eigenvalue weighted by Gasteiger charge is 2.35. The van der Waals surface area contributed by atoms with Crippen LogP contribution in [0.1, 0.15) is 56.9 Å². The zero-order valence-corrected chi connectivity index (χ0v) is 14.8. The summed E-state index contributed by atoms with van der Waals surface area (Å²) < 4.78 is 0. The number of carboxylic acid groups (broad SMARTS) is 1. The van der Waals surface area contributed by atoms with Crippen LogP contribution in [0.25, 0.3) is 0 Å². The van der Waals surface area contributed by atoms with Crippen LogP contribution in [0.3, 0.4) is 0 Å². The molecule has 1 aromatic rings. The average molecular weight is 346 g/mol. The number of benzene rings is 1. The van der Waals surface area contributed by atoms with E-state index in [4.69, 9.17) is 5.11 Å². The summed E-state index contributed by atoms with van der Waals surface area (Å²) in [5.41, 5.74) is 0.229. The normalized spacial score (nSPS) is 25.1. The predicted octanol–water partition coefficient (Wildman–Crippen LogP) is 3.71. The SMILES string of the molecule is O=C(O)C[C@@]1(O)CCC[C@H](/C=C/C(O)CCCCc2ccccc2)C1. The monoisotopic (exact) mass is 346 g/mol. The largest absolute Gasteiger partial charge is 0.481 e. The summed E-state index contributed by atoms with van der Waals surface area (Å²) in [4.78, 5) is 10.9. The van der Waals surface area contributed by atoms with Crippen LogP contribution in [0.5, 0.6) is 0 Å². The van der Waals surface area contributed by atoms with E-state index in [-0.39, 0.29) is 12.3 Å². The first-order chi connectivity index (χ1) is 12.0. The Morgan fingerprint density at radius 3 is 2.76 bits per heavy atom. The predicted molar refractivity (Wildman–Crippen MR) is 98.3 cm³/mol. The van der Waals surface area contributed by atoms with Crippen LogP contribution in [0.2, 0.25) is 0 Å². The topological polar surface area (TPSA) is 77.8 Å². The molecule has 0 aliphatic heterocycles. The third-order valence-electron chi connectivity index (χ3n) is 5.00. The lowest BCUT2D eigenvalue weighted by molar-refractivity contribution is -0.144. The van der Waals surface area contributed by atoms with Gasteiger partial charge >= 0.3 is 5.97 Å². The van der Waals surface area contributed by atoms with Gasteiger partial charge in [0.25, 0.3) is 0 Å². The van der Waals surface area contributed by atoms with E-state index in [1.165, 1.54) is 5.56 Å². The maximum absolute atomic E-state index is 10.9. The van der Waals surface area contributed by atoms with Crippen LogP contribution in [-0.2, 0) is 11.2 Å². The minimum absolute atomic E-state index is 0.150. The van der Waals surface area contributed by atoms with Crippen molar-refractivity contribution < 1.29 is 20.1 Å². The third kappa shape index (κ3) is 7.41. The number of allylic oxidation sites excluding steroid dienone is 1. The Labute approximate surface area is 150 Å². The summed E-state index contributed by atoms with van der Waals surface area (Å²) >= 11 is 0. The van der Waals surface area contributed by atoms with Crippen LogP contribution in [0, 0.1) is 5.92 Å². The number of carbonyl (C=O) groups is 1. The summed E-state index contributed by atoms with van der Waals surface area (Å²) in [7, 11) is 0. The molecule has 4 heteroatoms. The fourth-order valence-electron chi connectivity index (χ4n) is 3.70. The minimum atomic E-state index is -1.10. The molecule has 0 radical (unpaired) electrons. The maximum Gasteiger partial charge on any atom is 0.306 e. The van der Waals surface area contributed by atoms with Crippen LogP contribution >= 0.6 is 0 Å². The quantitative estimate of drug-likeness (QED) is 0.470. The molecule has 3 N–H and O–H groups in total. The van der Waals surface area contributed by atoms with E-state index in [1.807, 2.05) is 30.4 Å². The maximum atomic E-state index is 10.9. The molecule has 0 aromatic heterocycles. The Balaban J connectivity index is 1.68. The summed E-state index contributed by atoms with van der Waals surface area (Å²) in [6, 6.07) is 10.3. The Kier molecular flexibility index (Phi) is 7.66. The Morgan fingerprint density at radius 2 is 2.04 bits per heavy atom. The van der Waals surface area contributed by atoms with E-state index in [1.54, 1.807) is 0 Å². The van der Waals surface area contributed by atoms with Crippen molar-refractivity contribution in [1.29, 1.82) is 0 Å². The van der Waals surface area contributed by atoms with Gasteiger partial charge in [0.05, 0.1) is 18.1 Å². The van der Waals surface area contributed by atoms with Crippen molar-refractivity contribution >= 4 is 5.97 Å². The number of hydrogen-bond acceptors (Lipinski definition) is 3. The van der Waals surface area contributed by atoms with Crippen LogP contribution in [0.15, 0.2) is 42.5 Å². The fraction of sp³-hybridized carbons (Fsp3) is 0.571. The molecule has 3 atom stereocenters. The van der Waals surface area contributed by atoms with Crippen molar-refractivity contribution in [2.45, 2.75) is 69.5 Å². The number of unbranched alkanes of at least 4 members (excludes halogenated alkanes) is 1. The van der Waals surface area contributed by atoms with E-state index in [0.717, 1.165) is 38.5 Å². The van der Waals surface area contributed by atoms with Gasteiger partial charge in [-0.05, 0) is 56.4 Å². The van der Waals surface area contributed by atoms with Gasteiger partial charge in [-0.25, -0.2) is 0 Å². The summed E-state index contributed by atoms with van der Waals surface area (Å²) in [5.74, 6) is -0.803. The first-order valence-electron chi connectivity index (χ1n) is 9.31. The molecule has 1 fully saturated rings.